The Kier molecular flexibility index (Phi) is 5.00. The van der Waals surface area contributed by atoms with Crippen LogP contribution in [0.1, 0.15) is 55.7 Å². The van der Waals surface area contributed by atoms with Gasteiger partial charge in [-0.15, -0.1) is 0 Å². The molecule has 0 aliphatic heterocycles. The third-order valence-electron chi connectivity index (χ3n) is 4.32. The zero-order valence-corrected chi connectivity index (χ0v) is 13.1. The monoisotopic (exact) mass is 266 g/mol. The summed E-state index contributed by atoms with van der Waals surface area (Å²) >= 11 is 0. The molecule has 0 saturated carbocycles. The van der Waals surface area contributed by atoms with Crippen LogP contribution in [0.3, 0.4) is 0 Å². The second-order valence-corrected chi connectivity index (χ2v) is 5.82. The lowest BCUT2D eigenvalue weighted by molar-refractivity contribution is 0.773. The second-order valence-electron chi connectivity index (χ2n) is 5.82. The third-order valence-corrected chi connectivity index (χ3v) is 4.32. The molecule has 0 amide bonds. The van der Waals surface area contributed by atoms with Crippen LogP contribution in [0.4, 0.5) is 0 Å². The fourth-order valence-corrected chi connectivity index (χ4v) is 3.29. The van der Waals surface area contributed by atoms with Gasteiger partial charge in [0, 0.05) is 5.92 Å². The van der Waals surface area contributed by atoms with Gasteiger partial charge in [-0.2, -0.15) is 0 Å². The van der Waals surface area contributed by atoms with E-state index in [4.69, 9.17) is 0 Å². The van der Waals surface area contributed by atoms with Gasteiger partial charge < -0.3 is 0 Å². The number of fused-ring (bicyclic) bond motifs is 1. The molecule has 0 aromatic heterocycles. The Morgan fingerprint density at radius 2 is 2.10 bits per heavy atom. The molecule has 1 aromatic rings. The zero-order valence-electron chi connectivity index (χ0n) is 13.1. The highest BCUT2D eigenvalue weighted by Gasteiger charge is 2.20. The summed E-state index contributed by atoms with van der Waals surface area (Å²) in [5.74, 6) is 0.539. The van der Waals surface area contributed by atoms with Crippen molar-refractivity contribution in [2.75, 3.05) is 0 Å². The molecule has 0 saturated heterocycles. The summed E-state index contributed by atoms with van der Waals surface area (Å²) in [4.78, 5) is 0. The smallest absolute Gasteiger partial charge is 0.00283 e. The van der Waals surface area contributed by atoms with Gasteiger partial charge in [-0.3, -0.25) is 0 Å². The SMILES string of the molecule is C=C/C=C\C1=C(CCC)C(C)c2ccc(C)cc2CC1. The molecule has 0 spiro atoms. The molecule has 106 valence electrons. The largest absolute Gasteiger partial charge is 0.0991 e. The van der Waals surface area contributed by atoms with Crippen molar-refractivity contribution in [3.8, 4) is 0 Å². The third kappa shape index (κ3) is 3.12. The molecule has 2 rings (SSSR count). The molecule has 0 N–H and O–H groups in total. The second kappa shape index (κ2) is 6.74. The first-order valence-electron chi connectivity index (χ1n) is 7.77. The molecule has 0 fully saturated rings. The molecule has 1 aromatic carbocycles. The van der Waals surface area contributed by atoms with Crippen molar-refractivity contribution in [1.82, 2.24) is 0 Å². The van der Waals surface area contributed by atoms with E-state index in [2.05, 4.69) is 57.7 Å². The van der Waals surface area contributed by atoms with Crippen LogP contribution in [-0.4, -0.2) is 0 Å². The molecule has 1 unspecified atom stereocenters. The summed E-state index contributed by atoms with van der Waals surface area (Å²) in [5, 5.41) is 0. The van der Waals surface area contributed by atoms with E-state index in [-0.39, 0.29) is 0 Å². The number of rotatable bonds is 4. The van der Waals surface area contributed by atoms with Gasteiger partial charge in [0.05, 0.1) is 0 Å². The van der Waals surface area contributed by atoms with Gasteiger partial charge in [0.15, 0.2) is 0 Å². The topological polar surface area (TPSA) is 0 Å². The van der Waals surface area contributed by atoms with Crippen molar-refractivity contribution in [2.45, 2.75) is 52.4 Å². The van der Waals surface area contributed by atoms with Gasteiger partial charge in [-0.1, -0.05) is 74.4 Å². The van der Waals surface area contributed by atoms with Crippen LogP contribution in [0.5, 0.6) is 0 Å². The molecule has 20 heavy (non-hydrogen) atoms. The molecule has 0 radical (unpaired) electrons. The van der Waals surface area contributed by atoms with Crippen LogP contribution in [0.15, 0.2) is 54.2 Å². The van der Waals surface area contributed by atoms with Crippen molar-refractivity contribution < 1.29 is 0 Å². The number of allylic oxidation sites excluding steroid dienone is 5. The predicted octanol–water partition coefficient (Wildman–Crippen LogP) is 5.88. The first kappa shape index (κ1) is 14.8. The molecule has 0 heterocycles. The lowest BCUT2D eigenvalue weighted by Crippen LogP contribution is -2.01. The fourth-order valence-electron chi connectivity index (χ4n) is 3.29. The predicted molar refractivity (Wildman–Crippen MR) is 89.2 cm³/mol. The quantitative estimate of drug-likeness (QED) is 0.597. The molecule has 0 heteroatoms. The zero-order chi connectivity index (χ0) is 14.5. The highest BCUT2D eigenvalue weighted by molar-refractivity contribution is 5.44. The van der Waals surface area contributed by atoms with Crippen LogP contribution in [0, 0.1) is 6.92 Å². The van der Waals surface area contributed by atoms with Crippen molar-refractivity contribution >= 4 is 0 Å². The number of aryl methyl sites for hydroxylation is 2. The number of benzene rings is 1. The standard InChI is InChI=1S/C20H26/c1-5-7-9-17-11-12-18-14-15(3)10-13-20(18)16(4)19(17)8-6-2/h5,7,9-10,13-14,16H,1,6,8,11-12H2,2-4H3/b9-7-. The molecule has 1 aliphatic carbocycles. The van der Waals surface area contributed by atoms with E-state index < -0.39 is 0 Å². The van der Waals surface area contributed by atoms with Gasteiger partial charge in [-0.05, 0) is 42.9 Å². The maximum absolute atomic E-state index is 3.80. The molecule has 0 nitrogen and oxygen atoms in total. The molecular weight excluding hydrogens is 240 g/mol. The minimum absolute atomic E-state index is 0.539. The normalized spacial score (nSPS) is 19.1. The summed E-state index contributed by atoms with van der Waals surface area (Å²) in [6.45, 7) is 10.6. The fraction of sp³-hybridized carbons (Fsp3) is 0.400. The van der Waals surface area contributed by atoms with E-state index in [9.17, 15) is 0 Å². The van der Waals surface area contributed by atoms with Crippen molar-refractivity contribution in [2.24, 2.45) is 0 Å². The van der Waals surface area contributed by atoms with E-state index in [0.717, 1.165) is 12.8 Å². The Labute approximate surface area is 123 Å². The number of hydrogen-bond donors (Lipinski definition) is 0. The molecule has 0 bridgehead atoms. The maximum atomic E-state index is 3.80. The Bertz CT molecular complexity index is 543. The molecule has 1 aliphatic rings. The first-order chi connectivity index (χ1) is 9.67. The van der Waals surface area contributed by atoms with E-state index in [0.29, 0.717) is 5.92 Å². The van der Waals surface area contributed by atoms with Crippen LogP contribution in [0.25, 0.3) is 0 Å². The Hall–Kier alpha value is -1.56. The van der Waals surface area contributed by atoms with Crippen LogP contribution >= 0.6 is 0 Å². The van der Waals surface area contributed by atoms with Crippen molar-refractivity contribution in [1.29, 1.82) is 0 Å². The minimum atomic E-state index is 0.539. The first-order valence-corrected chi connectivity index (χ1v) is 7.77. The summed E-state index contributed by atoms with van der Waals surface area (Å²) in [6.07, 6.45) is 11.0. The molecular formula is C20H26. The number of hydrogen-bond acceptors (Lipinski definition) is 0. The van der Waals surface area contributed by atoms with E-state index in [1.54, 1.807) is 5.57 Å². The van der Waals surface area contributed by atoms with E-state index >= 15 is 0 Å². The van der Waals surface area contributed by atoms with Gasteiger partial charge in [0.25, 0.3) is 0 Å². The van der Waals surface area contributed by atoms with E-state index in [1.165, 1.54) is 35.1 Å². The van der Waals surface area contributed by atoms with Crippen molar-refractivity contribution in [3.63, 3.8) is 0 Å². The highest BCUT2D eigenvalue weighted by Crippen LogP contribution is 2.37. The Morgan fingerprint density at radius 1 is 1.30 bits per heavy atom. The summed E-state index contributed by atoms with van der Waals surface area (Å²) < 4.78 is 0. The van der Waals surface area contributed by atoms with Crippen LogP contribution in [0.2, 0.25) is 0 Å². The highest BCUT2D eigenvalue weighted by atomic mass is 14.3. The lowest BCUT2D eigenvalue weighted by Gasteiger charge is -2.19. The average Bonchev–Trinajstić information content (AvgIpc) is 2.56. The lowest BCUT2D eigenvalue weighted by atomic mass is 9.86. The summed E-state index contributed by atoms with van der Waals surface area (Å²) in [5.41, 5.74) is 7.58. The van der Waals surface area contributed by atoms with Crippen LogP contribution < -0.4 is 0 Å². The van der Waals surface area contributed by atoms with Gasteiger partial charge in [-0.25, -0.2) is 0 Å². The minimum Gasteiger partial charge on any atom is -0.0991 e. The van der Waals surface area contributed by atoms with Crippen molar-refractivity contribution in [3.05, 3.63) is 70.8 Å². The van der Waals surface area contributed by atoms with Gasteiger partial charge in [0.2, 0.25) is 0 Å². The van der Waals surface area contributed by atoms with E-state index in [1.807, 2.05) is 6.08 Å². The van der Waals surface area contributed by atoms with Gasteiger partial charge in [0.1, 0.15) is 0 Å². The Morgan fingerprint density at radius 3 is 2.80 bits per heavy atom. The van der Waals surface area contributed by atoms with Crippen LogP contribution in [-0.2, 0) is 6.42 Å². The molecule has 1 atom stereocenters. The Balaban J connectivity index is 2.46. The average molecular weight is 266 g/mol. The summed E-state index contributed by atoms with van der Waals surface area (Å²) in [6, 6.07) is 6.96. The summed E-state index contributed by atoms with van der Waals surface area (Å²) in [7, 11) is 0. The van der Waals surface area contributed by atoms with Gasteiger partial charge >= 0.3 is 0 Å². The maximum Gasteiger partial charge on any atom is 0.00283 e.